The van der Waals surface area contributed by atoms with Crippen LogP contribution in [-0.4, -0.2) is 21.6 Å². The van der Waals surface area contributed by atoms with Crippen molar-refractivity contribution < 1.29 is 4.74 Å². The highest BCUT2D eigenvalue weighted by Crippen LogP contribution is 2.24. The molecule has 0 saturated carbocycles. The van der Waals surface area contributed by atoms with Crippen LogP contribution in [0.5, 0.6) is 5.75 Å². The standard InChI is InChI=1S/C15H22N4O/c1-15(2,3)12-4-6-14(7-5-12)20-9-8-19-11-13(10-16)17-18-19/h4-7,11H,8-10,16H2,1-3H3. The van der Waals surface area contributed by atoms with Crippen LogP contribution in [0.15, 0.2) is 30.5 Å². The third-order valence-electron chi connectivity index (χ3n) is 3.10. The Labute approximate surface area is 119 Å². The lowest BCUT2D eigenvalue weighted by Gasteiger charge is -2.19. The number of rotatable bonds is 5. The summed E-state index contributed by atoms with van der Waals surface area (Å²) >= 11 is 0. The maximum atomic E-state index is 5.70. The van der Waals surface area contributed by atoms with E-state index in [-0.39, 0.29) is 5.41 Å². The number of nitrogens with two attached hydrogens (primary N) is 1. The zero-order valence-electron chi connectivity index (χ0n) is 12.3. The number of hydrogen-bond acceptors (Lipinski definition) is 4. The molecule has 0 aliphatic carbocycles. The molecule has 0 aliphatic heterocycles. The Bertz CT molecular complexity index is 540. The molecule has 108 valence electrons. The van der Waals surface area contributed by atoms with Gasteiger partial charge in [-0.25, -0.2) is 4.68 Å². The molecule has 5 nitrogen and oxygen atoms in total. The van der Waals surface area contributed by atoms with E-state index < -0.39 is 0 Å². The maximum absolute atomic E-state index is 5.70. The highest BCUT2D eigenvalue weighted by molar-refractivity contribution is 5.31. The van der Waals surface area contributed by atoms with E-state index in [2.05, 4.69) is 43.2 Å². The minimum atomic E-state index is 0.165. The number of ether oxygens (including phenoxy) is 1. The van der Waals surface area contributed by atoms with Crippen molar-refractivity contribution in [3.05, 3.63) is 41.7 Å². The molecule has 0 atom stereocenters. The third kappa shape index (κ3) is 3.81. The van der Waals surface area contributed by atoms with Crippen LogP contribution in [0.1, 0.15) is 32.0 Å². The molecular formula is C15H22N4O. The molecule has 0 fully saturated rings. The Kier molecular flexibility index (Phi) is 4.39. The van der Waals surface area contributed by atoms with Gasteiger partial charge in [-0.15, -0.1) is 5.10 Å². The Hall–Kier alpha value is -1.88. The lowest BCUT2D eigenvalue weighted by atomic mass is 9.87. The summed E-state index contributed by atoms with van der Waals surface area (Å²) in [6.07, 6.45) is 1.84. The maximum Gasteiger partial charge on any atom is 0.119 e. The van der Waals surface area contributed by atoms with Crippen LogP contribution in [0.4, 0.5) is 0 Å². The molecule has 1 aromatic heterocycles. The smallest absolute Gasteiger partial charge is 0.119 e. The van der Waals surface area contributed by atoms with Crippen molar-refractivity contribution in [1.82, 2.24) is 15.0 Å². The molecule has 2 aromatic rings. The first kappa shape index (κ1) is 14.5. The van der Waals surface area contributed by atoms with Gasteiger partial charge < -0.3 is 10.5 Å². The second-order valence-corrected chi connectivity index (χ2v) is 5.80. The summed E-state index contributed by atoms with van der Waals surface area (Å²) in [7, 11) is 0. The van der Waals surface area contributed by atoms with Crippen molar-refractivity contribution in [1.29, 1.82) is 0 Å². The number of nitrogens with zero attached hydrogens (tertiary/aromatic N) is 3. The summed E-state index contributed by atoms with van der Waals surface area (Å²) < 4.78 is 7.44. The van der Waals surface area contributed by atoms with E-state index in [1.165, 1.54) is 5.56 Å². The van der Waals surface area contributed by atoms with E-state index in [0.29, 0.717) is 19.7 Å². The number of hydrogen-bond donors (Lipinski definition) is 1. The van der Waals surface area contributed by atoms with Crippen LogP contribution < -0.4 is 10.5 Å². The lowest BCUT2D eigenvalue weighted by molar-refractivity contribution is 0.289. The SMILES string of the molecule is CC(C)(C)c1ccc(OCCn2cc(CN)nn2)cc1. The third-order valence-corrected chi connectivity index (χ3v) is 3.10. The molecule has 0 unspecified atom stereocenters. The van der Waals surface area contributed by atoms with E-state index in [1.807, 2.05) is 18.3 Å². The van der Waals surface area contributed by atoms with Crippen LogP contribution in [0.2, 0.25) is 0 Å². The average Bonchev–Trinajstić information content (AvgIpc) is 2.86. The van der Waals surface area contributed by atoms with Gasteiger partial charge in [0.1, 0.15) is 12.4 Å². The van der Waals surface area contributed by atoms with Crippen LogP contribution in [0.25, 0.3) is 0 Å². The lowest BCUT2D eigenvalue weighted by Crippen LogP contribution is -2.11. The van der Waals surface area contributed by atoms with Gasteiger partial charge >= 0.3 is 0 Å². The van der Waals surface area contributed by atoms with Crippen LogP contribution in [0, 0.1) is 0 Å². The Morgan fingerprint density at radius 1 is 1.20 bits per heavy atom. The Morgan fingerprint density at radius 3 is 2.45 bits per heavy atom. The fourth-order valence-electron chi connectivity index (χ4n) is 1.85. The highest BCUT2D eigenvalue weighted by atomic mass is 16.5. The first-order chi connectivity index (χ1) is 9.49. The fraction of sp³-hybridized carbons (Fsp3) is 0.467. The van der Waals surface area contributed by atoms with E-state index in [1.54, 1.807) is 4.68 Å². The quantitative estimate of drug-likeness (QED) is 0.907. The summed E-state index contributed by atoms with van der Waals surface area (Å²) in [6, 6.07) is 8.23. The van der Waals surface area contributed by atoms with Gasteiger partial charge in [0, 0.05) is 12.7 Å². The molecule has 20 heavy (non-hydrogen) atoms. The number of benzene rings is 1. The van der Waals surface area contributed by atoms with Crippen LogP contribution in [0.3, 0.4) is 0 Å². The Balaban J connectivity index is 1.85. The molecule has 0 radical (unpaired) electrons. The minimum Gasteiger partial charge on any atom is -0.492 e. The summed E-state index contributed by atoms with van der Waals surface area (Å²) in [4.78, 5) is 0. The monoisotopic (exact) mass is 274 g/mol. The van der Waals surface area contributed by atoms with Crippen molar-refractivity contribution in [3.63, 3.8) is 0 Å². The first-order valence-corrected chi connectivity index (χ1v) is 6.81. The molecule has 1 heterocycles. The molecular weight excluding hydrogens is 252 g/mol. The van der Waals surface area contributed by atoms with Crippen molar-refractivity contribution in [2.75, 3.05) is 6.61 Å². The van der Waals surface area contributed by atoms with Gasteiger partial charge in [-0.3, -0.25) is 0 Å². The Morgan fingerprint density at radius 2 is 1.90 bits per heavy atom. The average molecular weight is 274 g/mol. The van der Waals surface area contributed by atoms with Gasteiger partial charge in [0.25, 0.3) is 0 Å². The van der Waals surface area contributed by atoms with Gasteiger partial charge in [-0.1, -0.05) is 38.1 Å². The van der Waals surface area contributed by atoms with E-state index in [4.69, 9.17) is 10.5 Å². The van der Waals surface area contributed by atoms with Crippen LogP contribution >= 0.6 is 0 Å². The van der Waals surface area contributed by atoms with Gasteiger partial charge in [0.2, 0.25) is 0 Å². The van der Waals surface area contributed by atoms with Crippen LogP contribution in [-0.2, 0) is 18.5 Å². The fourth-order valence-corrected chi connectivity index (χ4v) is 1.85. The van der Waals surface area contributed by atoms with Crippen molar-refractivity contribution in [2.24, 2.45) is 5.73 Å². The molecule has 2 N–H and O–H groups in total. The van der Waals surface area contributed by atoms with Crippen molar-refractivity contribution in [3.8, 4) is 5.75 Å². The molecule has 0 aliphatic rings. The predicted octanol–water partition coefficient (Wildman–Crippen LogP) is 2.11. The normalized spacial score (nSPS) is 11.6. The van der Waals surface area contributed by atoms with E-state index in [9.17, 15) is 0 Å². The van der Waals surface area contributed by atoms with Crippen molar-refractivity contribution in [2.45, 2.75) is 39.3 Å². The second-order valence-electron chi connectivity index (χ2n) is 5.80. The second kappa shape index (κ2) is 6.05. The molecule has 0 spiro atoms. The summed E-state index contributed by atoms with van der Waals surface area (Å²) in [5.41, 5.74) is 7.74. The van der Waals surface area contributed by atoms with Gasteiger partial charge in [-0.05, 0) is 23.1 Å². The van der Waals surface area contributed by atoms with Gasteiger partial charge in [0.05, 0.1) is 12.2 Å². The van der Waals surface area contributed by atoms with Crippen molar-refractivity contribution >= 4 is 0 Å². The summed E-state index contributed by atoms with van der Waals surface area (Å²) in [5, 5.41) is 7.90. The zero-order valence-corrected chi connectivity index (χ0v) is 12.3. The minimum absolute atomic E-state index is 0.165. The van der Waals surface area contributed by atoms with Gasteiger partial charge in [0.15, 0.2) is 0 Å². The molecule has 0 bridgehead atoms. The predicted molar refractivity (Wildman–Crippen MR) is 78.6 cm³/mol. The largest absolute Gasteiger partial charge is 0.492 e. The molecule has 1 aromatic carbocycles. The van der Waals surface area contributed by atoms with E-state index in [0.717, 1.165) is 11.4 Å². The first-order valence-electron chi connectivity index (χ1n) is 6.81. The zero-order chi connectivity index (χ0) is 14.6. The topological polar surface area (TPSA) is 66.0 Å². The molecule has 5 heteroatoms. The van der Waals surface area contributed by atoms with E-state index >= 15 is 0 Å². The highest BCUT2D eigenvalue weighted by Gasteiger charge is 2.12. The number of aromatic nitrogens is 3. The molecule has 2 rings (SSSR count). The molecule has 0 amide bonds. The summed E-state index contributed by atoms with van der Waals surface area (Å²) in [6.45, 7) is 8.22. The van der Waals surface area contributed by atoms with Gasteiger partial charge in [-0.2, -0.15) is 0 Å². The molecule has 0 saturated heterocycles. The summed E-state index contributed by atoms with van der Waals surface area (Å²) in [5.74, 6) is 0.872.